The summed E-state index contributed by atoms with van der Waals surface area (Å²) in [4.78, 5) is 0. The minimum absolute atomic E-state index is 1.07. The van der Waals surface area contributed by atoms with Crippen molar-refractivity contribution in [3.8, 4) is 0 Å². The van der Waals surface area contributed by atoms with Gasteiger partial charge >= 0.3 is 0 Å². The average molecular weight is 151 g/mol. The van der Waals surface area contributed by atoms with Gasteiger partial charge in [-0.2, -0.15) is 0 Å². The van der Waals surface area contributed by atoms with Crippen molar-refractivity contribution in [3.05, 3.63) is 31.2 Å². The van der Waals surface area contributed by atoms with Crippen molar-refractivity contribution in [1.29, 1.82) is 0 Å². The Kier molecular flexibility index (Phi) is 9.03. The monoisotopic (exact) mass is 151 g/mol. The summed E-state index contributed by atoms with van der Waals surface area (Å²) >= 11 is 0. The Bertz CT molecular complexity index is 109. The third-order valence-electron chi connectivity index (χ3n) is 1.49. The summed E-state index contributed by atoms with van der Waals surface area (Å²) in [6.45, 7) is 5.94. The zero-order valence-corrected chi connectivity index (χ0v) is 7.55. The van der Waals surface area contributed by atoms with Gasteiger partial charge in [0.2, 0.25) is 0 Å². The molecule has 0 aliphatic rings. The normalized spacial score (nSPS) is 11.8. The van der Waals surface area contributed by atoms with E-state index in [0.717, 1.165) is 12.8 Å². The van der Waals surface area contributed by atoms with Crippen LogP contribution in [0.5, 0.6) is 0 Å². The van der Waals surface area contributed by atoms with Gasteiger partial charge in [-0.1, -0.05) is 51.0 Å². The molecule has 0 nitrogen and oxygen atoms in total. The lowest BCUT2D eigenvalue weighted by molar-refractivity contribution is 0.760. The lowest BCUT2D eigenvalue weighted by atomic mass is 10.2. The van der Waals surface area contributed by atoms with Gasteiger partial charge in [0.25, 0.3) is 0 Å². The lowest BCUT2D eigenvalue weighted by Gasteiger charge is -1.89. The molecule has 0 unspecified atom stereocenters. The molecule has 63 valence electrons. The fourth-order valence-corrected chi connectivity index (χ4v) is 0.828. The molecule has 0 heterocycles. The average Bonchev–Trinajstić information content (AvgIpc) is 2.03. The Morgan fingerprint density at radius 3 is 2.45 bits per heavy atom. The Morgan fingerprint density at radius 1 is 1.09 bits per heavy atom. The minimum Gasteiger partial charge on any atom is -0.0848 e. The molecule has 0 atom stereocenters. The smallest absolute Gasteiger partial charge is 0.0348 e. The second kappa shape index (κ2) is 9.48. The molecule has 0 heteroatoms. The molecular formula is C11H19. The zero-order chi connectivity index (χ0) is 8.36. The molecule has 0 aromatic rings. The molecule has 0 saturated carbocycles. The van der Waals surface area contributed by atoms with Crippen molar-refractivity contribution in [3.63, 3.8) is 0 Å². The molecule has 0 fully saturated rings. The van der Waals surface area contributed by atoms with E-state index in [1.807, 2.05) is 0 Å². The molecular weight excluding hydrogens is 132 g/mol. The van der Waals surface area contributed by atoms with E-state index in [4.69, 9.17) is 0 Å². The van der Waals surface area contributed by atoms with E-state index in [0.29, 0.717) is 0 Å². The molecule has 0 N–H and O–H groups in total. The molecule has 0 aromatic heterocycles. The van der Waals surface area contributed by atoms with E-state index in [2.05, 4.69) is 38.2 Å². The van der Waals surface area contributed by atoms with Gasteiger partial charge in [0.1, 0.15) is 0 Å². The first-order valence-corrected chi connectivity index (χ1v) is 4.52. The van der Waals surface area contributed by atoms with Crippen LogP contribution in [0, 0.1) is 6.92 Å². The highest BCUT2D eigenvalue weighted by Crippen LogP contribution is 1.99. The van der Waals surface area contributed by atoms with Gasteiger partial charge in [0.05, 0.1) is 0 Å². The summed E-state index contributed by atoms with van der Waals surface area (Å²) in [5, 5.41) is 0. The highest BCUT2D eigenvalue weighted by molar-refractivity contribution is 5.01. The summed E-state index contributed by atoms with van der Waals surface area (Å²) in [6, 6.07) is 0. The first-order valence-electron chi connectivity index (χ1n) is 4.52. The number of rotatable bonds is 6. The van der Waals surface area contributed by atoms with E-state index >= 15 is 0 Å². The fourth-order valence-electron chi connectivity index (χ4n) is 0.828. The van der Waals surface area contributed by atoms with E-state index in [-0.39, 0.29) is 0 Å². The van der Waals surface area contributed by atoms with Crippen LogP contribution in [0.15, 0.2) is 24.3 Å². The van der Waals surface area contributed by atoms with Gasteiger partial charge in [-0.05, 0) is 19.3 Å². The summed E-state index contributed by atoms with van der Waals surface area (Å²) in [5.41, 5.74) is 0. The lowest BCUT2D eigenvalue weighted by Crippen LogP contribution is -1.69. The van der Waals surface area contributed by atoms with Gasteiger partial charge in [0.15, 0.2) is 0 Å². The Balaban J connectivity index is 3.09. The van der Waals surface area contributed by atoms with Crippen LogP contribution in [0.3, 0.4) is 0 Å². The van der Waals surface area contributed by atoms with Gasteiger partial charge < -0.3 is 0 Å². The fraction of sp³-hybridized carbons (Fsp3) is 0.545. The summed E-state index contributed by atoms with van der Waals surface area (Å²) < 4.78 is 0. The molecule has 1 radical (unpaired) electrons. The summed E-state index contributed by atoms with van der Waals surface area (Å²) in [6.07, 6.45) is 14.6. The Hall–Kier alpha value is -0.520. The van der Waals surface area contributed by atoms with Crippen LogP contribution in [-0.2, 0) is 0 Å². The predicted molar refractivity (Wildman–Crippen MR) is 52.4 cm³/mol. The molecule has 0 amide bonds. The second-order valence-corrected chi connectivity index (χ2v) is 2.61. The number of hydrogen-bond donors (Lipinski definition) is 0. The molecule has 11 heavy (non-hydrogen) atoms. The Morgan fingerprint density at radius 2 is 1.82 bits per heavy atom. The topological polar surface area (TPSA) is 0 Å². The largest absolute Gasteiger partial charge is 0.0848 e. The minimum atomic E-state index is 1.07. The first kappa shape index (κ1) is 10.5. The van der Waals surface area contributed by atoms with Crippen molar-refractivity contribution < 1.29 is 0 Å². The maximum absolute atomic E-state index is 3.79. The van der Waals surface area contributed by atoms with Crippen LogP contribution in [-0.4, -0.2) is 0 Å². The summed E-state index contributed by atoms with van der Waals surface area (Å²) in [7, 11) is 0. The van der Waals surface area contributed by atoms with Gasteiger partial charge in [-0.25, -0.2) is 0 Å². The maximum Gasteiger partial charge on any atom is -0.0348 e. The third-order valence-corrected chi connectivity index (χ3v) is 1.49. The van der Waals surface area contributed by atoms with Gasteiger partial charge in [-0.15, -0.1) is 0 Å². The van der Waals surface area contributed by atoms with Crippen molar-refractivity contribution >= 4 is 0 Å². The molecule has 0 aliphatic heterocycles. The molecule has 0 aromatic carbocycles. The maximum atomic E-state index is 3.79. The van der Waals surface area contributed by atoms with Crippen molar-refractivity contribution in [2.24, 2.45) is 0 Å². The predicted octanol–water partition coefficient (Wildman–Crippen LogP) is 3.90. The van der Waals surface area contributed by atoms with Gasteiger partial charge in [-0.3, -0.25) is 0 Å². The second-order valence-electron chi connectivity index (χ2n) is 2.61. The zero-order valence-electron chi connectivity index (χ0n) is 7.55. The number of unbranched alkanes of at least 4 members (excludes halogenated alkanes) is 3. The molecule has 0 bridgehead atoms. The van der Waals surface area contributed by atoms with Crippen molar-refractivity contribution in [1.82, 2.24) is 0 Å². The Labute approximate surface area is 71.0 Å². The third kappa shape index (κ3) is 9.48. The van der Waals surface area contributed by atoms with Crippen LogP contribution < -0.4 is 0 Å². The van der Waals surface area contributed by atoms with Crippen LogP contribution in [0.1, 0.15) is 39.0 Å². The SMILES string of the molecule is [CH2]CCCCC=CC=CCC. The van der Waals surface area contributed by atoms with Crippen molar-refractivity contribution in [2.45, 2.75) is 39.0 Å². The van der Waals surface area contributed by atoms with Crippen LogP contribution >= 0.6 is 0 Å². The first-order chi connectivity index (χ1) is 5.41. The van der Waals surface area contributed by atoms with E-state index < -0.39 is 0 Å². The molecule has 0 saturated heterocycles. The summed E-state index contributed by atoms with van der Waals surface area (Å²) in [5.74, 6) is 0. The van der Waals surface area contributed by atoms with Crippen molar-refractivity contribution in [2.75, 3.05) is 0 Å². The van der Waals surface area contributed by atoms with Crippen LogP contribution in [0.25, 0.3) is 0 Å². The number of allylic oxidation sites excluding steroid dienone is 4. The van der Waals surface area contributed by atoms with E-state index in [1.54, 1.807) is 0 Å². The highest BCUT2D eigenvalue weighted by atomic mass is 13.9. The quantitative estimate of drug-likeness (QED) is 0.399. The molecule has 0 rings (SSSR count). The van der Waals surface area contributed by atoms with E-state index in [9.17, 15) is 0 Å². The number of hydrogen-bond acceptors (Lipinski definition) is 0. The standard InChI is InChI=1S/C11H19/c1-3-5-7-9-11-10-8-6-4-2/h6,8,10-11H,1,3-5,7,9H2,2H3. The molecule has 0 aliphatic carbocycles. The van der Waals surface area contributed by atoms with Crippen LogP contribution in [0.2, 0.25) is 0 Å². The highest BCUT2D eigenvalue weighted by Gasteiger charge is 1.79. The van der Waals surface area contributed by atoms with Crippen LogP contribution in [0.4, 0.5) is 0 Å². The molecule has 0 spiro atoms. The van der Waals surface area contributed by atoms with Gasteiger partial charge in [0, 0.05) is 0 Å². The van der Waals surface area contributed by atoms with E-state index in [1.165, 1.54) is 19.3 Å².